The van der Waals surface area contributed by atoms with E-state index in [0.29, 0.717) is 11.6 Å². The van der Waals surface area contributed by atoms with Crippen molar-refractivity contribution in [2.45, 2.75) is 18.9 Å². The van der Waals surface area contributed by atoms with Crippen LogP contribution in [0.3, 0.4) is 0 Å². The lowest BCUT2D eigenvalue weighted by Gasteiger charge is -2.33. The van der Waals surface area contributed by atoms with Crippen molar-refractivity contribution in [1.82, 2.24) is 15.0 Å². The summed E-state index contributed by atoms with van der Waals surface area (Å²) in [5.41, 5.74) is 0.650. The van der Waals surface area contributed by atoms with Gasteiger partial charge in [0, 0.05) is 45.5 Å². The van der Waals surface area contributed by atoms with Gasteiger partial charge in [0.2, 0.25) is 0 Å². The second-order valence-electron chi connectivity index (χ2n) is 6.08. The number of aromatic nitrogens is 3. The van der Waals surface area contributed by atoms with Crippen molar-refractivity contribution in [3.8, 4) is 6.07 Å². The van der Waals surface area contributed by atoms with Gasteiger partial charge in [-0.15, -0.1) is 0 Å². The number of piperidine rings is 1. The summed E-state index contributed by atoms with van der Waals surface area (Å²) >= 11 is 0. The maximum absolute atomic E-state index is 9.01. The first-order valence-electron chi connectivity index (χ1n) is 8.03. The molecule has 1 N–H and O–H groups in total. The standard InChI is InChI=1S/C17H21N7/c1-23(2)16-10-15(20-12-21-16)22-14-4-7-24(8-5-14)17-9-13(11-18)3-6-19-17/h3,6,9-10,12,14H,4-5,7-8H2,1-2H3,(H,20,21,22). The third-order valence-electron chi connectivity index (χ3n) is 4.16. The fraction of sp³-hybridized carbons (Fsp3) is 0.412. The van der Waals surface area contributed by atoms with E-state index in [0.717, 1.165) is 43.4 Å². The zero-order chi connectivity index (χ0) is 16.9. The molecule has 0 bridgehead atoms. The Bertz CT molecular complexity index is 730. The van der Waals surface area contributed by atoms with Crippen molar-refractivity contribution in [2.75, 3.05) is 42.3 Å². The Hall–Kier alpha value is -2.88. The van der Waals surface area contributed by atoms with E-state index in [4.69, 9.17) is 5.26 Å². The lowest BCUT2D eigenvalue weighted by molar-refractivity contribution is 0.522. The number of nitriles is 1. The minimum absolute atomic E-state index is 0.380. The molecule has 0 aliphatic carbocycles. The number of hydrogen-bond donors (Lipinski definition) is 1. The Morgan fingerprint density at radius 2 is 2.00 bits per heavy atom. The summed E-state index contributed by atoms with van der Waals surface area (Å²) in [5, 5.41) is 12.5. The van der Waals surface area contributed by atoms with E-state index in [2.05, 4.69) is 31.2 Å². The Balaban J connectivity index is 1.59. The topological polar surface area (TPSA) is 81.0 Å². The first kappa shape index (κ1) is 16.0. The third kappa shape index (κ3) is 3.71. The number of pyridine rings is 1. The molecule has 7 heteroatoms. The Kier molecular flexibility index (Phi) is 4.75. The molecule has 7 nitrogen and oxygen atoms in total. The molecule has 3 heterocycles. The van der Waals surface area contributed by atoms with Crippen molar-refractivity contribution < 1.29 is 0 Å². The number of hydrogen-bond acceptors (Lipinski definition) is 7. The molecule has 24 heavy (non-hydrogen) atoms. The number of anilines is 3. The van der Waals surface area contributed by atoms with Crippen molar-refractivity contribution in [3.05, 3.63) is 36.3 Å². The van der Waals surface area contributed by atoms with Crippen LogP contribution in [0.5, 0.6) is 0 Å². The number of rotatable bonds is 4. The zero-order valence-electron chi connectivity index (χ0n) is 14.0. The lowest BCUT2D eigenvalue weighted by atomic mass is 10.0. The van der Waals surface area contributed by atoms with E-state index in [1.54, 1.807) is 18.6 Å². The number of nitrogens with one attached hydrogen (secondary N) is 1. The predicted octanol–water partition coefficient (Wildman–Crippen LogP) is 1.89. The molecule has 1 aliphatic rings. The Labute approximate surface area is 142 Å². The molecule has 0 saturated carbocycles. The molecule has 0 spiro atoms. The molecule has 124 valence electrons. The highest BCUT2D eigenvalue weighted by atomic mass is 15.2. The first-order chi connectivity index (χ1) is 11.7. The van der Waals surface area contributed by atoms with Gasteiger partial charge in [-0.2, -0.15) is 5.26 Å². The van der Waals surface area contributed by atoms with Crippen LogP contribution in [0.15, 0.2) is 30.7 Å². The van der Waals surface area contributed by atoms with Crippen LogP contribution in [0.2, 0.25) is 0 Å². The van der Waals surface area contributed by atoms with Gasteiger partial charge in [-0.05, 0) is 25.0 Å². The van der Waals surface area contributed by atoms with Crippen LogP contribution >= 0.6 is 0 Å². The van der Waals surface area contributed by atoms with Crippen LogP contribution in [0.4, 0.5) is 17.5 Å². The molecule has 0 amide bonds. The molecule has 0 radical (unpaired) electrons. The third-order valence-corrected chi connectivity index (χ3v) is 4.16. The maximum Gasteiger partial charge on any atom is 0.133 e. The minimum Gasteiger partial charge on any atom is -0.367 e. The van der Waals surface area contributed by atoms with E-state index in [1.165, 1.54) is 0 Å². The summed E-state index contributed by atoms with van der Waals surface area (Å²) in [6.07, 6.45) is 5.28. The maximum atomic E-state index is 9.01. The molecule has 1 aliphatic heterocycles. The highest BCUT2D eigenvalue weighted by molar-refractivity contribution is 5.49. The van der Waals surface area contributed by atoms with Crippen molar-refractivity contribution in [1.29, 1.82) is 5.26 Å². The second-order valence-corrected chi connectivity index (χ2v) is 6.08. The van der Waals surface area contributed by atoms with Crippen LogP contribution in [0, 0.1) is 11.3 Å². The molecule has 3 rings (SSSR count). The molecule has 2 aromatic rings. The summed E-state index contributed by atoms with van der Waals surface area (Å²) in [5.74, 6) is 2.63. The largest absolute Gasteiger partial charge is 0.367 e. The van der Waals surface area contributed by atoms with Crippen LogP contribution in [0.1, 0.15) is 18.4 Å². The zero-order valence-corrected chi connectivity index (χ0v) is 14.0. The molecule has 1 fully saturated rings. The summed E-state index contributed by atoms with van der Waals surface area (Å²) in [6, 6.07) is 8.09. The van der Waals surface area contributed by atoms with Gasteiger partial charge in [-0.1, -0.05) is 0 Å². The van der Waals surface area contributed by atoms with E-state index in [-0.39, 0.29) is 0 Å². The summed E-state index contributed by atoms with van der Waals surface area (Å²) in [7, 11) is 3.93. The van der Waals surface area contributed by atoms with Gasteiger partial charge < -0.3 is 15.1 Å². The van der Waals surface area contributed by atoms with Crippen molar-refractivity contribution in [2.24, 2.45) is 0 Å². The summed E-state index contributed by atoms with van der Waals surface area (Å²) < 4.78 is 0. The van der Waals surface area contributed by atoms with E-state index in [9.17, 15) is 0 Å². The second kappa shape index (κ2) is 7.13. The minimum atomic E-state index is 0.380. The van der Waals surface area contributed by atoms with Crippen LogP contribution in [0.25, 0.3) is 0 Å². The van der Waals surface area contributed by atoms with E-state index in [1.807, 2.05) is 31.1 Å². The summed E-state index contributed by atoms with van der Waals surface area (Å²) in [6.45, 7) is 1.82. The smallest absolute Gasteiger partial charge is 0.133 e. The molecule has 0 aromatic carbocycles. The average molecular weight is 323 g/mol. The van der Waals surface area contributed by atoms with Gasteiger partial charge in [-0.25, -0.2) is 15.0 Å². The predicted molar refractivity (Wildman–Crippen MR) is 94.2 cm³/mol. The highest BCUT2D eigenvalue weighted by Gasteiger charge is 2.20. The fourth-order valence-electron chi connectivity index (χ4n) is 2.79. The van der Waals surface area contributed by atoms with Gasteiger partial charge in [0.1, 0.15) is 23.8 Å². The molecular weight excluding hydrogens is 302 g/mol. The van der Waals surface area contributed by atoms with Crippen molar-refractivity contribution in [3.63, 3.8) is 0 Å². The van der Waals surface area contributed by atoms with Gasteiger partial charge >= 0.3 is 0 Å². The summed E-state index contributed by atoms with van der Waals surface area (Å²) in [4.78, 5) is 17.1. The molecule has 2 aromatic heterocycles. The Morgan fingerprint density at radius 3 is 2.71 bits per heavy atom. The van der Waals surface area contributed by atoms with E-state index < -0.39 is 0 Å². The van der Waals surface area contributed by atoms with Crippen molar-refractivity contribution >= 4 is 17.5 Å². The first-order valence-corrected chi connectivity index (χ1v) is 8.03. The molecule has 0 atom stereocenters. The van der Waals surface area contributed by atoms with Gasteiger partial charge in [0.15, 0.2) is 0 Å². The monoisotopic (exact) mass is 323 g/mol. The van der Waals surface area contributed by atoms with Gasteiger partial charge in [0.05, 0.1) is 11.6 Å². The number of nitrogens with zero attached hydrogens (tertiary/aromatic N) is 6. The lowest BCUT2D eigenvalue weighted by Crippen LogP contribution is -2.39. The van der Waals surface area contributed by atoms with Crippen LogP contribution in [-0.4, -0.2) is 48.2 Å². The molecule has 1 saturated heterocycles. The van der Waals surface area contributed by atoms with Gasteiger partial charge in [-0.3, -0.25) is 0 Å². The fourth-order valence-corrected chi connectivity index (χ4v) is 2.79. The normalized spacial score (nSPS) is 15.0. The quantitative estimate of drug-likeness (QED) is 0.920. The van der Waals surface area contributed by atoms with Crippen LogP contribution in [-0.2, 0) is 0 Å². The average Bonchev–Trinajstić information content (AvgIpc) is 2.62. The van der Waals surface area contributed by atoms with Crippen LogP contribution < -0.4 is 15.1 Å². The molecule has 0 unspecified atom stereocenters. The Morgan fingerprint density at radius 1 is 1.21 bits per heavy atom. The highest BCUT2D eigenvalue weighted by Crippen LogP contribution is 2.21. The SMILES string of the molecule is CN(C)c1cc(NC2CCN(c3cc(C#N)ccn3)CC2)ncn1. The van der Waals surface area contributed by atoms with E-state index >= 15 is 0 Å². The van der Waals surface area contributed by atoms with Gasteiger partial charge in [0.25, 0.3) is 0 Å². The molecular formula is C17H21N7.